The van der Waals surface area contributed by atoms with Crippen molar-refractivity contribution in [1.82, 2.24) is 14.6 Å². The molecular weight excluding hydrogens is 306 g/mol. The first-order valence-corrected chi connectivity index (χ1v) is 8.72. The van der Waals surface area contributed by atoms with Crippen LogP contribution in [0, 0.1) is 5.92 Å². The number of nitrogens with one attached hydrogen (secondary N) is 1. The number of likely N-dealkylation sites (tertiary alicyclic amines) is 1. The first-order chi connectivity index (χ1) is 10.3. The maximum atomic E-state index is 12.5. The molecule has 120 valence electrons. The summed E-state index contributed by atoms with van der Waals surface area (Å²) in [6, 6.07) is 3.03. The minimum absolute atomic E-state index is 0.0240. The van der Waals surface area contributed by atoms with Crippen molar-refractivity contribution in [2.24, 2.45) is 5.92 Å². The summed E-state index contributed by atoms with van der Waals surface area (Å²) in [7, 11) is -3.72. The minimum atomic E-state index is -3.72. The third-order valence-electron chi connectivity index (χ3n) is 4.02. The maximum absolute atomic E-state index is 12.5. The van der Waals surface area contributed by atoms with Crippen molar-refractivity contribution >= 4 is 15.9 Å². The number of hydrogen-bond donors (Lipinski definition) is 1. The van der Waals surface area contributed by atoms with E-state index >= 15 is 0 Å². The summed E-state index contributed by atoms with van der Waals surface area (Å²) in [4.78, 5) is 17.9. The lowest BCUT2D eigenvalue weighted by Gasteiger charge is -2.27. The Morgan fingerprint density at radius 1 is 1.50 bits per heavy atom. The fourth-order valence-corrected chi connectivity index (χ4v) is 4.40. The van der Waals surface area contributed by atoms with E-state index in [9.17, 15) is 13.2 Å². The second-order valence-corrected chi connectivity index (χ2v) is 7.80. The molecule has 22 heavy (non-hydrogen) atoms. The predicted octanol–water partition coefficient (Wildman–Crippen LogP) is 0.379. The van der Waals surface area contributed by atoms with Gasteiger partial charge in [-0.15, -0.1) is 0 Å². The van der Waals surface area contributed by atoms with Crippen molar-refractivity contribution in [1.29, 1.82) is 0 Å². The smallest absolute Gasteiger partial charge is 0.246 e. The Balaban J connectivity index is 1.89. The summed E-state index contributed by atoms with van der Waals surface area (Å²) in [5.41, 5.74) is -0.788. The van der Waals surface area contributed by atoms with Gasteiger partial charge in [-0.05, 0) is 18.6 Å². The van der Waals surface area contributed by atoms with E-state index in [-0.39, 0.29) is 29.2 Å². The number of carbonyl (C=O) groups is 1. The molecule has 8 heteroatoms. The SMILES string of the molecule is CC(C)C(=O)N1CCC2(COc3ncccc3S(=O)(=O)N2)C1. The normalized spacial score (nSPS) is 26.6. The number of amides is 1. The first kappa shape index (κ1) is 15.2. The molecule has 1 saturated heterocycles. The lowest BCUT2D eigenvalue weighted by atomic mass is 10.0. The second-order valence-electron chi connectivity index (χ2n) is 6.15. The lowest BCUT2D eigenvalue weighted by molar-refractivity contribution is -0.133. The molecule has 3 heterocycles. The van der Waals surface area contributed by atoms with Crippen LogP contribution in [-0.4, -0.2) is 49.4 Å². The van der Waals surface area contributed by atoms with E-state index in [1.807, 2.05) is 13.8 Å². The van der Waals surface area contributed by atoms with Crippen LogP contribution in [0.3, 0.4) is 0 Å². The van der Waals surface area contributed by atoms with Gasteiger partial charge in [-0.3, -0.25) is 4.79 Å². The summed E-state index contributed by atoms with van der Waals surface area (Å²) in [6.07, 6.45) is 2.02. The van der Waals surface area contributed by atoms with E-state index in [0.29, 0.717) is 19.5 Å². The second kappa shape index (κ2) is 5.20. The Bertz CT molecular complexity index is 704. The summed E-state index contributed by atoms with van der Waals surface area (Å²) in [5, 5.41) is 0. The molecule has 3 rings (SSSR count). The van der Waals surface area contributed by atoms with Crippen LogP contribution in [0.1, 0.15) is 20.3 Å². The van der Waals surface area contributed by atoms with Crippen LogP contribution in [0.4, 0.5) is 0 Å². The van der Waals surface area contributed by atoms with E-state index in [1.165, 1.54) is 12.3 Å². The van der Waals surface area contributed by atoms with Crippen LogP contribution in [0.25, 0.3) is 0 Å². The van der Waals surface area contributed by atoms with E-state index in [1.54, 1.807) is 11.0 Å². The molecule has 0 saturated carbocycles. The zero-order valence-electron chi connectivity index (χ0n) is 12.6. The van der Waals surface area contributed by atoms with Gasteiger partial charge in [0.2, 0.25) is 21.8 Å². The molecule has 1 aromatic rings. The number of ether oxygens (including phenoxy) is 1. The van der Waals surface area contributed by atoms with Crippen molar-refractivity contribution in [2.45, 2.75) is 30.7 Å². The molecule has 0 bridgehead atoms. The minimum Gasteiger partial charge on any atom is -0.475 e. The Morgan fingerprint density at radius 2 is 2.27 bits per heavy atom. The molecule has 1 aromatic heterocycles. The zero-order valence-corrected chi connectivity index (χ0v) is 13.4. The molecule has 1 atom stereocenters. The van der Waals surface area contributed by atoms with Gasteiger partial charge in [0.1, 0.15) is 11.5 Å². The van der Waals surface area contributed by atoms with E-state index < -0.39 is 15.6 Å². The van der Waals surface area contributed by atoms with Gasteiger partial charge in [0.05, 0.1) is 5.54 Å². The fraction of sp³-hybridized carbons (Fsp3) is 0.571. The molecule has 1 unspecified atom stereocenters. The summed E-state index contributed by atoms with van der Waals surface area (Å²) >= 11 is 0. The van der Waals surface area contributed by atoms with Crippen LogP contribution in [-0.2, 0) is 14.8 Å². The summed E-state index contributed by atoms with van der Waals surface area (Å²) in [6.45, 7) is 4.67. The quantitative estimate of drug-likeness (QED) is 0.806. The van der Waals surface area contributed by atoms with Crippen molar-refractivity contribution in [3.8, 4) is 5.88 Å². The van der Waals surface area contributed by atoms with Crippen molar-refractivity contribution in [3.05, 3.63) is 18.3 Å². The van der Waals surface area contributed by atoms with Crippen molar-refractivity contribution < 1.29 is 17.9 Å². The van der Waals surface area contributed by atoms with E-state index in [2.05, 4.69) is 9.71 Å². The molecule has 2 aliphatic rings. The molecular formula is C14H19N3O4S. The molecule has 1 spiro atoms. The first-order valence-electron chi connectivity index (χ1n) is 7.24. The topological polar surface area (TPSA) is 88.6 Å². The number of rotatable bonds is 1. The number of carbonyl (C=O) groups excluding carboxylic acids is 1. The number of pyridine rings is 1. The average Bonchev–Trinajstić information content (AvgIpc) is 2.83. The lowest BCUT2D eigenvalue weighted by Crippen LogP contribution is -2.53. The third-order valence-corrected chi connectivity index (χ3v) is 5.61. The van der Waals surface area contributed by atoms with Crippen molar-refractivity contribution in [3.63, 3.8) is 0 Å². The molecule has 1 N–H and O–H groups in total. The molecule has 7 nitrogen and oxygen atoms in total. The van der Waals surface area contributed by atoms with Gasteiger partial charge in [0.25, 0.3) is 0 Å². The molecule has 0 radical (unpaired) electrons. The Labute approximate surface area is 129 Å². The van der Waals surface area contributed by atoms with Gasteiger partial charge < -0.3 is 9.64 Å². The third kappa shape index (κ3) is 2.56. The number of fused-ring (bicyclic) bond motifs is 1. The Kier molecular flexibility index (Phi) is 3.60. The van der Waals surface area contributed by atoms with Gasteiger partial charge in [-0.25, -0.2) is 13.4 Å². The van der Waals surface area contributed by atoms with Crippen LogP contribution >= 0.6 is 0 Å². The highest BCUT2D eigenvalue weighted by molar-refractivity contribution is 7.89. The maximum Gasteiger partial charge on any atom is 0.246 e. The monoisotopic (exact) mass is 325 g/mol. The van der Waals surface area contributed by atoms with E-state index in [4.69, 9.17) is 4.74 Å². The molecule has 2 aliphatic heterocycles. The van der Waals surface area contributed by atoms with Crippen LogP contribution in [0.15, 0.2) is 23.2 Å². The predicted molar refractivity (Wildman–Crippen MR) is 78.8 cm³/mol. The molecule has 1 fully saturated rings. The molecule has 1 amide bonds. The number of aromatic nitrogens is 1. The highest BCUT2D eigenvalue weighted by Crippen LogP contribution is 2.31. The fourth-order valence-electron chi connectivity index (χ4n) is 2.89. The number of hydrogen-bond acceptors (Lipinski definition) is 5. The van der Waals surface area contributed by atoms with Gasteiger partial charge in [-0.2, -0.15) is 4.72 Å². The largest absolute Gasteiger partial charge is 0.475 e. The van der Waals surface area contributed by atoms with Crippen LogP contribution in [0.5, 0.6) is 5.88 Å². The van der Waals surface area contributed by atoms with Gasteiger partial charge in [-0.1, -0.05) is 13.8 Å². The van der Waals surface area contributed by atoms with Gasteiger partial charge >= 0.3 is 0 Å². The number of nitrogens with zero attached hydrogens (tertiary/aromatic N) is 2. The van der Waals surface area contributed by atoms with Crippen LogP contribution < -0.4 is 9.46 Å². The number of sulfonamides is 1. The summed E-state index contributed by atoms with van der Waals surface area (Å²) < 4.78 is 33.4. The van der Waals surface area contributed by atoms with Gasteiger partial charge in [0.15, 0.2) is 0 Å². The van der Waals surface area contributed by atoms with Crippen molar-refractivity contribution in [2.75, 3.05) is 19.7 Å². The summed E-state index contributed by atoms with van der Waals surface area (Å²) in [5.74, 6) is 0.0220. The highest BCUT2D eigenvalue weighted by Gasteiger charge is 2.46. The molecule has 0 aliphatic carbocycles. The average molecular weight is 325 g/mol. The highest BCUT2D eigenvalue weighted by atomic mass is 32.2. The van der Waals surface area contributed by atoms with Crippen LogP contribution in [0.2, 0.25) is 0 Å². The Hall–Kier alpha value is -1.67. The standard InChI is InChI=1S/C14H19N3O4S/c1-10(2)13(18)17-7-5-14(8-17)9-21-12-11(4-3-6-15-12)22(19,20)16-14/h3-4,6,10,16H,5,7-9H2,1-2H3. The van der Waals surface area contributed by atoms with E-state index in [0.717, 1.165) is 0 Å². The zero-order chi connectivity index (χ0) is 16.0. The van der Waals surface area contributed by atoms with Gasteiger partial charge in [0, 0.05) is 25.2 Å². The molecule has 0 aromatic carbocycles. The Morgan fingerprint density at radius 3 is 3.00 bits per heavy atom.